The van der Waals surface area contributed by atoms with Gasteiger partial charge in [-0.2, -0.15) is 0 Å². The number of ether oxygens (including phenoxy) is 1. The van der Waals surface area contributed by atoms with Crippen LogP contribution in [0.5, 0.6) is 0 Å². The summed E-state index contributed by atoms with van der Waals surface area (Å²) in [6, 6.07) is 0. The third-order valence-electron chi connectivity index (χ3n) is 1.95. The van der Waals surface area contributed by atoms with Gasteiger partial charge in [-0.1, -0.05) is 19.9 Å². The highest BCUT2D eigenvalue weighted by Gasteiger charge is 2.27. The predicted molar refractivity (Wildman–Crippen MR) is 72.9 cm³/mol. The number of hydrogen-bond acceptors (Lipinski definition) is 6. The zero-order valence-electron chi connectivity index (χ0n) is 11.9. The van der Waals surface area contributed by atoms with Gasteiger partial charge < -0.3 is 4.74 Å². The maximum Gasteiger partial charge on any atom is 0.310 e. The zero-order valence-corrected chi connectivity index (χ0v) is 11.9. The maximum absolute atomic E-state index is 11.1. The molecule has 0 saturated heterocycles. The van der Waals surface area contributed by atoms with E-state index >= 15 is 0 Å². The van der Waals surface area contributed by atoms with Crippen LogP contribution >= 0.6 is 0 Å². The monoisotopic (exact) mass is 286 g/mol. The summed E-state index contributed by atoms with van der Waals surface area (Å²) in [5.41, 5.74) is -1.63. The van der Waals surface area contributed by atoms with Gasteiger partial charge in [0.05, 0.1) is 23.4 Å². The molecular formula is C12H18N2O6. The Morgan fingerprint density at radius 1 is 1.25 bits per heavy atom. The number of carbonyl (C=O) groups excluding carboxylic acids is 1. The fraction of sp³-hybridized carbons (Fsp3) is 0.417. The zero-order chi connectivity index (χ0) is 16.3. The lowest BCUT2D eigenvalue weighted by Gasteiger charge is -2.03. The summed E-state index contributed by atoms with van der Waals surface area (Å²) in [6.07, 6.45) is 1.81. The number of carbonyl (C=O) groups is 1. The molecule has 0 atom stereocenters. The Kier molecular flexibility index (Phi) is 10.3. The first-order valence-electron chi connectivity index (χ1n) is 5.75. The first-order valence-corrected chi connectivity index (χ1v) is 5.75. The molecule has 0 aromatic rings. The maximum atomic E-state index is 11.1. The van der Waals surface area contributed by atoms with Gasteiger partial charge >= 0.3 is 5.97 Å². The van der Waals surface area contributed by atoms with Crippen molar-refractivity contribution in [2.75, 3.05) is 7.11 Å². The SMILES string of the molecule is C=C(/C(CC(=O)OC)=C(\C=C/C)[N+](=O)[O-])[N+](=O)[O-].CC. The van der Waals surface area contributed by atoms with Gasteiger partial charge in [0.25, 0.3) is 11.4 Å². The topological polar surface area (TPSA) is 113 Å². The minimum absolute atomic E-state index is 0.380. The molecule has 0 unspecified atom stereocenters. The Labute approximate surface area is 116 Å². The fourth-order valence-electron chi connectivity index (χ4n) is 1.10. The minimum Gasteiger partial charge on any atom is -0.469 e. The van der Waals surface area contributed by atoms with E-state index in [1.807, 2.05) is 13.8 Å². The molecule has 0 aromatic carbocycles. The Balaban J connectivity index is 0. The Morgan fingerprint density at radius 3 is 2.05 bits per heavy atom. The lowest BCUT2D eigenvalue weighted by molar-refractivity contribution is -0.433. The lowest BCUT2D eigenvalue weighted by Crippen LogP contribution is -2.12. The molecule has 8 heteroatoms. The molecule has 112 valence electrons. The predicted octanol–water partition coefficient (Wildman–Crippen LogP) is 2.47. The Bertz CT molecular complexity index is 451. The highest BCUT2D eigenvalue weighted by Crippen LogP contribution is 2.20. The number of methoxy groups -OCH3 is 1. The quantitative estimate of drug-likeness (QED) is 0.321. The third kappa shape index (κ3) is 6.43. The molecule has 0 heterocycles. The molecule has 0 fully saturated rings. The van der Waals surface area contributed by atoms with Crippen molar-refractivity contribution >= 4 is 5.97 Å². The van der Waals surface area contributed by atoms with Gasteiger partial charge in [-0.25, -0.2) is 0 Å². The van der Waals surface area contributed by atoms with E-state index in [-0.39, 0.29) is 5.57 Å². The van der Waals surface area contributed by atoms with Crippen molar-refractivity contribution in [3.05, 3.63) is 55.9 Å². The van der Waals surface area contributed by atoms with E-state index in [1.165, 1.54) is 13.0 Å². The van der Waals surface area contributed by atoms with E-state index < -0.39 is 33.6 Å². The molecule has 0 spiro atoms. The van der Waals surface area contributed by atoms with Gasteiger partial charge in [0, 0.05) is 6.08 Å². The number of esters is 1. The van der Waals surface area contributed by atoms with Crippen LogP contribution in [0.1, 0.15) is 27.2 Å². The summed E-state index contributed by atoms with van der Waals surface area (Å²) >= 11 is 0. The summed E-state index contributed by atoms with van der Waals surface area (Å²) < 4.78 is 4.34. The van der Waals surface area contributed by atoms with E-state index in [9.17, 15) is 25.0 Å². The summed E-state index contributed by atoms with van der Waals surface area (Å²) in [4.78, 5) is 30.8. The molecule has 0 aliphatic rings. The summed E-state index contributed by atoms with van der Waals surface area (Å²) in [6.45, 7) is 8.63. The first-order chi connectivity index (χ1) is 9.34. The van der Waals surface area contributed by atoms with Gasteiger partial charge in [0.2, 0.25) is 0 Å². The fourth-order valence-corrected chi connectivity index (χ4v) is 1.10. The van der Waals surface area contributed by atoms with Gasteiger partial charge in [0.1, 0.15) is 5.57 Å². The first kappa shape index (κ1) is 19.8. The average Bonchev–Trinajstić information content (AvgIpc) is 2.43. The highest BCUT2D eigenvalue weighted by molar-refractivity contribution is 5.73. The smallest absolute Gasteiger partial charge is 0.310 e. The second-order valence-electron chi connectivity index (χ2n) is 3.08. The summed E-state index contributed by atoms with van der Waals surface area (Å²) in [5.74, 6) is -0.822. The number of rotatable bonds is 6. The molecule has 0 saturated carbocycles. The molecular weight excluding hydrogens is 268 g/mol. The van der Waals surface area contributed by atoms with Gasteiger partial charge in [-0.3, -0.25) is 25.0 Å². The van der Waals surface area contributed by atoms with Crippen LogP contribution < -0.4 is 0 Å². The van der Waals surface area contributed by atoms with Crippen LogP contribution in [0, 0.1) is 20.2 Å². The highest BCUT2D eigenvalue weighted by atomic mass is 16.6. The molecule has 20 heavy (non-hydrogen) atoms. The van der Waals surface area contributed by atoms with E-state index in [4.69, 9.17) is 0 Å². The average molecular weight is 286 g/mol. The lowest BCUT2D eigenvalue weighted by atomic mass is 10.1. The standard InChI is InChI=1S/C10H12N2O6.C2H6/c1-4-5-9(12(16)17)8(6-10(13)18-3)7(2)11(14)15;1-2/h4-5H,2,6H2,1,3H3;1-2H3/b5-4-,9-8+;. The molecule has 0 N–H and O–H groups in total. The van der Waals surface area contributed by atoms with Gasteiger partial charge in [0.15, 0.2) is 0 Å². The van der Waals surface area contributed by atoms with E-state index in [0.717, 1.165) is 13.2 Å². The van der Waals surface area contributed by atoms with Crippen LogP contribution in [0.2, 0.25) is 0 Å². The van der Waals surface area contributed by atoms with Crippen molar-refractivity contribution in [3.8, 4) is 0 Å². The van der Waals surface area contributed by atoms with Crippen molar-refractivity contribution in [2.45, 2.75) is 27.2 Å². The molecule has 0 aliphatic heterocycles. The van der Waals surface area contributed by atoms with Gasteiger partial charge in [-0.15, -0.1) is 0 Å². The largest absolute Gasteiger partial charge is 0.469 e. The minimum atomic E-state index is -0.884. The molecule has 0 bridgehead atoms. The van der Waals surface area contributed by atoms with Crippen molar-refractivity contribution < 1.29 is 19.4 Å². The van der Waals surface area contributed by atoms with Crippen LogP contribution in [0.15, 0.2) is 35.7 Å². The number of hydrogen-bond donors (Lipinski definition) is 0. The number of nitrogens with zero attached hydrogens (tertiary/aromatic N) is 2. The normalized spacial score (nSPS) is 11.0. The van der Waals surface area contributed by atoms with E-state index in [1.54, 1.807) is 0 Å². The third-order valence-corrected chi connectivity index (χ3v) is 1.95. The Hall–Kier alpha value is -2.51. The van der Waals surface area contributed by atoms with E-state index in [2.05, 4.69) is 11.3 Å². The van der Waals surface area contributed by atoms with Crippen LogP contribution in [-0.4, -0.2) is 22.9 Å². The summed E-state index contributed by atoms with van der Waals surface area (Å²) in [5, 5.41) is 21.4. The summed E-state index contributed by atoms with van der Waals surface area (Å²) in [7, 11) is 1.08. The second kappa shape index (κ2) is 10.4. The van der Waals surface area contributed by atoms with Crippen LogP contribution in [-0.2, 0) is 9.53 Å². The van der Waals surface area contributed by atoms with E-state index in [0.29, 0.717) is 0 Å². The van der Waals surface area contributed by atoms with Crippen molar-refractivity contribution in [3.63, 3.8) is 0 Å². The van der Waals surface area contributed by atoms with Crippen molar-refractivity contribution in [1.29, 1.82) is 0 Å². The molecule has 0 aliphatic carbocycles. The second-order valence-corrected chi connectivity index (χ2v) is 3.08. The molecule has 0 amide bonds. The van der Waals surface area contributed by atoms with Crippen molar-refractivity contribution in [2.24, 2.45) is 0 Å². The van der Waals surface area contributed by atoms with Crippen LogP contribution in [0.3, 0.4) is 0 Å². The molecule has 8 nitrogen and oxygen atoms in total. The van der Waals surface area contributed by atoms with Gasteiger partial charge in [-0.05, 0) is 13.5 Å². The van der Waals surface area contributed by atoms with Crippen LogP contribution in [0.25, 0.3) is 0 Å². The van der Waals surface area contributed by atoms with Crippen molar-refractivity contribution in [1.82, 2.24) is 0 Å². The number of allylic oxidation sites excluding steroid dienone is 3. The molecule has 0 aromatic heterocycles. The molecule has 0 rings (SSSR count). The Morgan fingerprint density at radius 2 is 1.75 bits per heavy atom. The van der Waals surface area contributed by atoms with Crippen LogP contribution in [0.4, 0.5) is 0 Å². The number of nitro groups is 2. The molecule has 0 radical (unpaired) electrons.